The van der Waals surface area contributed by atoms with Crippen molar-refractivity contribution in [3.8, 4) is 0 Å². The van der Waals surface area contributed by atoms with E-state index < -0.39 is 41.0 Å². The van der Waals surface area contributed by atoms with E-state index in [0.29, 0.717) is 6.07 Å². The molecular formula is C13H15F3N2O2. The Morgan fingerprint density at radius 2 is 1.70 bits per heavy atom. The summed E-state index contributed by atoms with van der Waals surface area (Å²) >= 11 is 0. The summed E-state index contributed by atoms with van der Waals surface area (Å²) in [5.41, 5.74) is -0.482. The highest BCUT2D eigenvalue weighted by Crippen LogP contribution is 2.20. The zero-order chi connectivity index (χ0) is 15.4. The summed E-state index contributed by atoms with van der Waals surface area (Å²) in [7, 11) is 0. The van der Waals surface area contributed by atoms with Gasteiger partial charge in [-0.05, 0) is 18.1 Å². The average Bonchev–Trinajstić information content (AvgIpc) is 2.36. The lowest BCUT2D eigenvalue weighted by atomic mass is 10.0. The molecule has 4 nitrogen and oxygen atoms in total. The minimum Gasteiger partial charge on any atom is -0.344 e. The van der Waals surface area contributed by atoms with Crippen molar-refractivity contribution >= 4 is 17.5 Å². The van der Waals surface area contributed by atoms with E-state index in [4.69, 9.17) is 0 Å². The van der Waals surface area contributed by atoms with Gasteiger partial charge in [-0.1, -0.05) is 13.8 Å². The predicted octanol–water partition coefficient (Wildman–Crippen LogP) is 2.20. The largest absolute Gasteiger partial charge is 0.344 e. The highest BCUT2D eigenvalue weighted by molar-refractivity contribution is 5.97. The maximum atomic E-state index is 13.4. The third kappa shape index (κ3) is 3.72. The van der Waals surface area contributed by atoms with E-state index in [0.717, 1.165) is 6.07 Å². The third-order valence-corrected chi connectivity index (χ3v) is 2.60. The van der Waals surface area contributed by atoms with E-state index in [1.54, 1.807) is 13.8 Å². The summed E-state index contributed by atoms with van der Waals surface area (Å²) in [6.45, 7) is 4.60. The van der Waals surface area contributed by atoms with E-state index in [1.165, 1.54) is 6.92 Å². The molecule has 0 bridgehead atoms. The number of amides is 2. The number of carbonyl (C=O) groups excluding carboxylic acids is 2. The second-order valence-electron chi connectivity index (χ2n) is 4.63. The first-order chi connectivity index (χ1) is 9.23. The summed E-state index contributed by atoms with van der Waals surface area (Å²) < 4.78 is 39.2. The van der Waals surface area contributed by atoms with Crippen molar-refractivity contribution in [2.24, 2.45) is 5.92 Å². The monoisotopic (exact) mass is 288 g/mol. The molecule has 0 radical (unpaired) electrons. The molecule has 1 atom stereocenters. The van der Waals surface area contributed by atoms with Crippen molar-refractivity contribution in [2.75, 3.05) is 5.32 Å². The molecule has 20 heavy (non-hydrogen) atoms. The van der Waals surface area contributed by atoms with Crippen LogP contribution < -0.4 is 10.6 Å². The number of carbonyl (C=O) groups is 2. The Bertz CT molecular complexity index is 533. The van der Waals surface area contributed by atoms with Crippen molar-refractivity contribution in [3.63, 3.8) is 0 Å². The fourth-order valence-electron chi connectivity index (χ4n) is 1.59. The van der Waals surface area contributed by atoms with Gasteiger partial charge < -0.3 is 10.6 Å². The Morgan fingerprint density at radius 1 is 1.10 bits per heavy atom. The molecule has 0 saturated carbocycles. The number of halogens is 3. The van der Waals surface area contributed by atoms with Crippen LogP contribution in [0.25, 0.3) is 0 Å². The number of hydrogen-bond acceptors (Lipinski definition) is 2. The molecule has 0 aromatic heterocycles. The molecule has 0 aliphatic carbocycles. The first-order valence-corrected chi connectivity index (χ1v) is 5.95. The second kappa shape index (κ2) is 6.40. The van der Waals surface area contributed by atoms with Crippen molar-refractivity contribution < 1.29 is 22.8 Å². The summed E-state index contributed by atoms with van der Waals surface area (Å²) in [6, 6.07) is 0.716. The van der Waals surface area contributed by atoms with Gasteiger partial charge >= 0.3 is 0 Å². The normalized spacial score (nSPS) is 12.2. The van der Waals surface area contributed by atoms with Crippen LogP contribution in [0.2, 0.25) is 0 Å². The van der Waals surface area contributed by atoms with Crippen LogP contribution in [0, 0.1) is 23.4 Å². The molecule has 7 heteroatoms. The third-order valence-electron chi connectivity index (χ3n) is 2.60. The van der Waals surface area contributed by atoms with E-state index in [-0.39, 0.29) is 5.92 Å². The van der Waals surface area contributed by atoms with Gasteiger partial charge in [0.15, 0.2) is 17.5 Å². The number of nitrogens with one attached hydrogen (secondary N) is 2. The van der Waals surface area contributed by atoms with Crippen LogP contribution in [-0.2, 0) is 9.59 Å². The van der Waals surface area contributed by atoms with Crippen LogP contribution >= 0.6 is 0 Å². The van der Waals surface area contributed by atoms with Gasteiger partial charge in [-0.3, -0.25) is 9.59 Å². The zero-order valence-corrected chi connectivity index (χ0v) is 11.3. The van der Waals surface area contributed by atoms with Gasteiger partial charge in [0.25, 0.3) is 0 Å². The fraction of sp³-hybridized carbons (Fsp3) is 0.385. The smallest absolute Gasteiger partial charge is 0.247 e. The Labute approximate surface area is 114 Å². The van der Waals surface area contributed by atoms with Crippen molar-refractivity contribution in [2.45, 2.75) is 26.8 Å². The van der Waals surface area contributed by atoms with Gasteiger partial charge in [0.05, 0.1) is 5.69 Å². The minimum absolute atomic E-state index is 0.257. The fourth-order valence-corrected chi connectivity index (χ4v) is 1.59. The summed E-state index contributed by atoms with van der Waals surface area (Å²) in [5, 5.41) is 4.53. The number of anilines is 1. The molecule has 2 amide bonds. The summed E-state index contributed by atoms with van der Waals surface area (Å²) in [4.78, 5) is 22.9. The minimum atomic E-state index is -1.66. The van der Waals surface area contributed by atoms with Crippen LogP contribution in [-0.4, -0.2) is 17.9 Å². The molecule has 1 rings (SSSR count). The molecule has 0 fully saturated rings. The molecule has 0 spiro atoms. The molecule has 0 saturated heterocycles. The van der Waals surface area contributed by atoms with Crippen LogP contribution in [0.1, 0.15) is 20.8 Å². The van der Waals surface area contributed by atoms with Crippen molar-refractivity contribution in [3.05, 3.63) is 29.6 Å². The Hall–Kier alpha value is -2.05. The van der Waals surface area contributed by atoms with Gasteiger partial charge in [0.1, 0.15) is 6.04 Å². The van der Waals surface area contributed by atoms with Crippen LogP contribution in [0.3, 0.4) is 0 Å². The molecule has 1 unspecified atom stereocenters. The van der Waals surface area contributed by atoms with E-state index in [2.05, 4.69) is 10.6 Å². The standard InChI is InChI=1S/C13H15F3N2O2/c1-6(2)12(17-7(3)19)13(20)18-9-5-4-8(14)10(15)11(9)16/h4-6,12H,1-3H3,(H,17,19)(H,18,20). The van der Waals surface area contributed by atoms with Crippen molar-refractivity contribution in [1.29, 1.82) is 0 Å². The van der Waals surface area contributed by atoms with Crippen LogP contribution in [0.5, 0.6) is 0 Å². The van der Waals surface area contributed by atoms with Crippen LogP contribution in [0.15, 0.2) is 12.1 Å². The predicted molar refractivity (Wildman–Crippen MR) is 67.4 cm³/mol. The van der Waals surface area contributed by atoms with Gasteiger partial charge in [0.2, 0.25) is 11.8 Å². The van der Waals surface area contributed by atoms with E-state index in [1.807, 2.05) is 0 Å². The first kappa shape index (κ1) is 16.0. The highest BCUT2D eigenvalue weighted by atomic mass is 19.2. The molecule has 1 aromatic rings. The lowest BCUT2D eigenvalue weighted by molar-refractivity contribution is -0.126. The summed E-state index contributed by atoms with van der Waals surface area (Å²) in [5.74, 6) is -5.88. The van der Waals surface area contributed by atoms with Gasteiger partial charge in [-0.25, -0.2) is 13.2 Å². The zero-order valence-electron chi connectivity index (χ0n) is 11.3. The lowest BCUT2D eigenvalue weighted by Gasteiger charge is -2.21. The first-order valence-electron chi connectivity index (χ1n) is 5.95. The molecule has 0 aliphatic heterocycles. The Morgan fingerprint density at radius 3 is 2.20 bits per heavy atom. The molecule has 0 aliphatic rings. The van der Waals surface area contributed by atoms with Crippen LogP contribution in [0.4, 0.5) is 18.9 Å². The molecular weight excluding hydrogens is 273 g/mol. The summed E-state index contributed by atoms with van der Waals surface area (Å²) in [6.07, 6.45) is 0. The lowest BCUT2D eigenvalue weighted by Crippen LogP contribution is -2.46. The molecule has 110 valence electrons. The Kier molecular flexibility index (Phi) is 5.12. The maximum Gasteiger partial charge on any atom is 0.247 e. The van der Waals surface area contributed by atoms with Gasteiger partial charge in [-0.2, -0.15) is 0 Å². The molecule has 0 heterocycles. The number of rotatable bonds is 4. The second-order valence-corrected chi connectivity index (χ2v) is 4.63. The highest BCUT2D eigenvalue weighted by Gasteiger charge is 2.24. The SMILES string of the molecule is CC(=O)NC(C(=O)Nc1ccc(F)c(F)c1F)C(C)C. The molecule has 2 N–H and O–H groups in total. The topological polar surface area (TPSA) is 58.2 Å². The van der Waals surface area contributed by atoms with Crippen molar-refractivity contribution in [1.82, 2.24) is 5.32 Å². The number of benzene rings is 1. The van der Waals surface area contributed by atoms with E-state index >= 15 is 0 Å². The van der Waals surface area contributed by atoms with E-state index in [9.17, 15) is 22.8 Å². The number of hydrogen-bond donors (Lipinski definition) is 2. The maximum absolute atomic E-state index is 13.4. The average molecular weight is 288 g/mol. The van der Waals surface area contributed by atoms with Gasteiger partial charge in [-0.15, -0.1) is 0 Å². The Balaban J connectivity index is 2.94. The van der Waals surface area contributed by atoms with Gasteiger partial charge in [0, 0.05) is 6.92 Å². The molecule has 1 aromatic carbocycles. The quantitative estimate of drug-likeness (QED) is 0.834.